The molecule has 0 aromatic heterocycles. The Kier molecular flexibility index (Phi) is 2.83. The van der Waals surface area contributed by atoms with E-state index >= 15 is 0 Å². The summed E-state index contributed by atoms with van der Waals surface area (Å²) >= 11 is 0. The van der Waals surface area contributed by atoms with Crippen LogP contribution in [0.5, 0.6) is 0 Å². The van der Waals surface area contributed by atoms with Gasteiger partial charge in [0.15, 0.2) is 0 Å². The third-order valence-electron chi connectivity index (χ3n) is 3.62. The molecule has 0 N–H and O–H groups in total. The third kappa shape index (κ3) is 1.81. The van der Waals surface area contributed by atoms with E-state index in [0.717, 1.165) is 13.1 Å². The molecule has 84 valence electrons. The Balaban J connectivity index is 2.08. The molecule has 0 aromatic carbocycles. The van der Waals surface area contributed by atoms with Gasteiger partial charge in [0.2, 0.25) is 5.91 Å². The first kappa shape index (κ1) is 10.7. The summed E-state index contributed by atoms with van der Waals surface area (Å²) in [5, 5.41) is 0. The van der Waals surface area contributed by atoms with Gasteiger partial charge in [-0.2, -0.15) is 0 Å². The molecule has 0 aromatic rings. The van der Waals surface area contributed by atoms with E-state index in [9.17, 15) is 4.79 Å². The summed E-state index contributed by atoms with van der Waals surface area (Å²) < 4.78 is 0. The number of amides is 1. The van der Waals surface area contributed by atoms with Crippen LogP contribution in [0.4, 0.5) is 0 Å². The van der Waals surface area contributed by atoms with Gasteiger partial charge in [0, 0.05) is 31.2 Å². The van der Waals surface area contributed by atoms with Gasteiger partial charge in [-0.25, -0.2) is 0 Å². The van der Waals surface area contributed by atoms with Crippen LogP contribution in [0.3, 0.4) is 0 Å². The van der Waals surface area contributed by atoms with Gasteiger partial charge in [-0.15, -0.1) is 0 Å². The van der Waals surface area contributed by atoms with Gasteiger partial charge in [0.25, 0.3) is 0 Å². The van der Waals surface area contributed by atoms with Gasteiger partial charge < -0.3 is 4.90 Å². The van der Waals surface area contributed by atoms with Crippen molar-refractivity contribution < 1.29 is 4.79 Å². The molecule has 2 fully saturated rings. The molecule has 0 spiro atoms. The van der Waals surface area contributed by atoms with Crippen molar-refractivity contribution >= 4 is 5.91 Å². The van der Waals surface area contributed by atoms with Crippen molar-refractivity contribution in [2.75, 3.05) is 13.1 Å². The predicted molar refractivity (Wildman–Crippen MR) is 60.6 cm³/mol. The number of fused-ring (bicyclic) bond motifs is 2. The first-order chi connectivity index (χ1) is 7.13. The van der Waals surface area contributed by atoms with Gasteiger partial charge in [-0.3, -0.25) is 9.69 Å². The lowest BCUT2D eigenvalue weighted by atomic mass is 10.1. The molecule has 1 amide bonds. The minimum atomic E-state index is 0.0929. The minimum absolute atomic E-state index is 0.0929. The second kappa shape index (κ2) is 3.97. The Morgan fingerprint density at radius 1 is 1.33 bits per heavy atom. The molecule has 2 aliphatic heterocycles. The van der Waals surface area contributed by atoms with Crippen molar-refractivity contribution in [1.29, 1.82) is 0 Å². The molecule has 0 unspecified atom stereocenters. The molecule has 0 radical (unpaired) electrons. The molecule has 2 rings (SSSR count). The summed E-state index contributed by atoms with van der Waals surface area (Å²) in [6, 6.07) is 1.75. The Morgan fingerprint density at radius 3 is 2.27 bits per heavy atom. The van der Waals surface area contributed by atoms with Gasteiger partial charge in [0.05, 0.1) is 0 Å². The van der Waals surface area contributed by atoms with Crippen molar-refractivity contribution in [3.8, 4) is 0 Å². The highest BCUT2D eigenvalue weighted by molar-refractivity contribution is 5.87. The van der Waals surface area contributed by atoms with Crippen LogP contribution in [0.25, 0.3) is 0 Å². The second-order valence-electron chi connectivity index (χ2n) is 4.87. The highest BCUT2D eigenvalue weighted by atomic mass is 16.2. The van der Waals surface area contributed by atoms with E-state index in [-0.39, 0.29) is 5.91 Å². The maximum Gasteiger partial charge on any atom is 0.246 e. The molecule has 2 saturated heterocycles. The number of nitrogens with zero attached hydrogens (tertiary/aromatic N) is 2. The molecule has 2 bridgehead atoms. The molecule has 2 atom stereocenters. The van der Waals surface area contributed by atoms with E-state index in [2.05, 4.69) is 25.3 Å². The molecule has 15 heavy (non-hydrogen) atoms. The number of piperazine rings is 1. The van der Waals surface area contributed by atoms with Crippen molar-refractivity contribution in [3.63, 3.8) is 0 Å². The molecule has 0 saturated carbocycles. The van der Waals surface area contributed by atoms with Crippen molar-refractivity contribution in [3.05, 3.63) is 12.7 Å². The van der Waals surface area contributed by atoms with E-state index in [1.165, 1.54) is 18.9 Å². The zero-order valence-corrected chi connectivity index (χ0v) is 9.65. The Morgan fingerprint density at radius 2 is 1.87 bits per heavy atom. The molecular weight excluding hydrogens is 188 g/mol. The number of rotatable bonds is 2. The molecule has 3 nitrogen and oxygen atoms in total. The maximum atomic E-state index is 11.6. The lowest BCUT2D eigenvalue weighted by Crippen LogP contribution is -2.57. The average Bonchev–Trinajstić information content (AvgIpc) is 2.49. The number of carbonyl (C=O) groups is 1. The summed E-state index contributed by atoms with van der Waals surface area (Å²) in [6.45, 7) is 9.83. The van der Waals surface area contributed by atoms with E-state index in [1.54, 1.807) is 0 Å². The fourth-order valence-corrected chi connectivity index (χ4v) is 3.09. The van der Waals surface area contributed by atoms with Crippen LogP contribution >= 0.6 is 0 Å². The number of hydrogen-bond donors (Lipinski definition) is 0. The van der Waals surface area contributed by atoms with Crippen molar-refractivity contribution in [2.45, 2.75) is 44.8 Å². The summed E-state index contributed by atoms with van der Waals surface area (Å²) in [5.41, 5.74) is 0. The standard InChI is InChI=1S/C12H20N2O/c1-4-12(15)13-7-10-5-6-11(8-13)14(10)9(2)3/h4,9-11H,1,5-8H2,2-3H3/t10-,11+. The Labute approximate surface area is 91.7 Å². The fourth-order valence-electron chi connectivity index (χ4n) is 3.09. The van der Waals surface area contributed by atoms with Gasteiger partial charge in [-0.05, 0) is 32.8 Å². The SMILES string of the molecule is C=CC(=O)N1C[C@H]2CC[C@@H](C1)N2C(C)C. The average molecular weight is 208 g/mol. The molecule has 2 heterocycles. The monoisotopic (exact) mass is 208 g/mol. The molecule has 0 aliphatic carbocycles. The van der Waals surface area contributed by atoms with Crippen LogP contribution in [0.15, 0.2) is 12.7 Å². The molecular formula is C12H20N2O. The second-order valence-corrected chi connectivity index (χ2v) is 4.87. The number of hydrogen-bond acceptors (Lipinski definition) is 2. The van der Waals surface area contributed by atoms with Crippen LogP contribution in [-0.2, 0) is 4.79 Å². The van der Waals surface area contributed by atoms with E-state index in [0.29, 0.717) is 18.1 Å². The van der Waals surface area contributed by atoms with Crippen molar-refractivity contribution in [2.24, 2.45) is 0 Å². The molecule has 3 heteroatoms. The highest BCUT2D eigenvalue weighted by Crippen LogP contribution is 2.31. The fraction of sp³-hybridized carbons (Fsp3) is 0.750. The quantitative estimate of drug-likeness (QED) is 0.638. The highest BCUT2D eigenvalue weighted by Gasteiger charge is 2.41. The van der Waals surface area contributed by atoms with Gasteiger partial charge >= 0.3 is 0 Å². The first-order valence-corrected chi connectivity index (χ1v) is 5.82. The molecule has 2 aliphatic rings. The van der Waals surface area contributed by atoms with Crippen molar-refractivity contribution in [1.82, 2.24) is 9.80 Å². The summed E-state index contributed by atoms with van der Waals surface area (Å²) in [4.78, 5) is 16.1. The van der Waals surface area contributed by atoms with E-state index in [1.807, 2.05) is 4.90 Å². The van der Waals surface area contributed by atoms with Crippen LogP contribution in [0, 0.1) is 0 Å². The summed E-state index contributed by atoms with van der Waals surface area (Å²) in [7, 11) is 0. The number of carbonyl (C=O) groups excluding carboxylic acids is 1. The Bertz CT molecular complexity index is 261. The lowest BCUT2D eigenvalue weighted by molar-refractivity contribution is -0.129. The topological polar surface area (TPSA) is 23.6 Å². The lowest BCUT2D eigenvalue weighted by Gasteiger charge is -2.43. The number of likely N-dealkylation sites (tertiary alicyclic amines) is 1. The normalized spacial score (nSPS) is 31.0. The summed E-state index contributed by atoms with van der Waals surface area (Å²) in [6.07, 6.45) is 3.91. The summed E-state index contributed by atoms with van der Waals surface area (Å²) in [5.74, 6) is 0.0929. The van der Waals surface area contributed by atoms with Gasteiger partial charge in [0.1, 0.15) is 0 Å². The zero-order valence-electron chi connectivity index (χ0n) is 9.65. The van der Waals surface area contributed by atoms with Crippen LogP contribution in [-0.4, -0.2) is 46.9 Å². The van der Waals surface area contributed by atoms with Gasteiger partial charge in [-0.1, -0.05) is 6.58 Å². The van der Waals surface area contributed by atoms with Crippen LogP contribution in [0.1, 0.15) is 26.7 Å². The zero-order chi connectivity index (χ0) is 11.0. The smallest absolute Gasteiger partial charge is 0.246 e. The first-order valence-electron chi connectivity index (χ1n) is 5.82. The van der Waals surface area contributed by atoms with Crippen LogP contribution < -0.4 is 0 Å². The van der Waals surface area contributed by atoms with Crippen LogP contribution in [0.2, 0.25) is 0 Å². The maximum absolute atomic E-state index is 11.6. The minimum Gasteiger partial charge on any atom is -0.336 e. The van der Waals surface area contributed by atoms with E-state index < -0.39 is 0 Å². The third-order valence-corrected chi connectivity index (χ3v) is 3.62. The van der Waals surface area contributed by atoms with E-state index in [4.69, 9.17) is 0 Å². The largest absolute Gasteiger partial charge is 0.336 e. The predicted octanol–water partition coefficient (Wildman–Crippen LogP) is 1.26. The Hall–Kier alpha value is -0.830.